The Labute approximate surface area is 205 Å². The van der Waals surface area contributed by atoms with Crippen molar-refractivity contribution in [2.45, 2.75) is 19.5 Å². The summed E-state index contributed by atoms with van der Waals surface area (Å²) in [4.78, 5) is 13.7. The lowest BCUT2D eigenvalue weighted by atomic mass is 9.96. The zero-order chi connectivity index (χ0) is 25.0. The predicted octanol–water partition coefficient (Wildman–Crippen LogP) is 6.90. The number of carbonyl (C=O) groups is 1. The van der Waals surface area contributed by atoms with Crippen molar-refractivity contribution >= 4 is 27.2 Å². The first kappa shape index (κ1) is 24.8. The molecular weight excluding hydrogens is 475 g/mol. The van der Waals surface area contributed by atoms with Crippen LogP contribution in [-0.2, 0) is 6.18 Å². The second kappa shape index (κ2) is 10.5. The molecule has 0 saturated carbocycles. The van der Waals surface area contributed by atoms with Gasteiger partial charge in [-0.2, -0.15) is 13.2 Å². The third-order valence-electron chi connectivity index (χ3n) is 5.52. The van der Waals surface area contributed by atoms with E-state index in [1.165, 1.54) is 30.3 Å². The van der Waals surface area contributed by atoms with E-state index < -0.39 is 23.1 Å². The minimum Gasteiger partial charge on any atom is -0.508 e. The van der Waals surface area contributed by atoms with Gasteiger partial charge in [-0.1, -0.05) is 37.3 Å². The summed E-state index contributed by atoms with van der Waals surface area (Å²) in [5.41, 5.74) is -0.171. The molecule has 35 heavy (non-hydrogen) atoms. The van der Waals surface area contributed by atoms with Gasteiger partial charge in [-0.05, 0) is 61.5 Å². The highest BCUT2D eigenvalue weighted by Gasteiger charge is 2.36. The predicted molar refractivity (Wildman–Crippen MR) is 132 cm³/mol. The van der Waals surface area contributed by atoms with Gasteiger partial charge in [0.15, 0.2) is 0 Å². The molecule has 4 rings (SSSR count). The van der Waals surface area contributed by atoms with Crippen LogP contribution >= 0.6 is 11.3 Å². The van der Waals surface area contributed by atoms with Gasteiger partial charge in [0, 0.05) is 21.2 Å². The van der Waals surface area contributed by atoms with E-state index in [1.807, 2.05) is 6.92 Å². The number of nitrogens with one attached hydrogen (secondary N) is 1. The van der Waals surface area contributed by atoms with E-state index in [2.05, 4.69) is 5.32 Å². The van der Waals surface area contributed by atoms with Crippen molar-refractivity contribution in [3.05, 3.63) is 82.7 Å². The molecule has 0 radical (unpaired) electrons. The molecule has 4 aromatic rings. The minimum atomic E-state index is -4.66. The number of thiophene rings is 1. The van der Waals surface area contributed by atoms with E-state index in [1.54, 1.807) is 30.3 Å². The van der Waals surface area contributed by atoms with Crippen LogP contribution in [0.5, 0.6) is 11.5 Å². The Bertz CT molecular complexity index is 1330. The normalized spacial score (nSPS) is 11.7. The van der Waals surface area contributed by atoms with E-state index >= 15 is 0 Å². The molecule has 182 valence electrons. The number of fused-ring (bicyclic) bond motifs is 1. The maximum Gasteiger partial charge on any atom is 0.417 e. The number of hydrogen-bond donors (Lipinski definition) is 2. The fourth-order valence-corrected chi connectivity index (χ4v) is 5.08. The van der Waals surface area contributed by atoms with Crippen LogP contribution in [0.2, 0.25) is 0 Å². The smallest absolute Gasteiger partial charge is 0.417 e. The number of benzene rings is 3. The first-order valence-corrected chi connectivity index (χ1v) is 12.0. The number of ketones is 1. The topological polar surface area (TPSA) is 58.6 Å². The van der Waals surface area contributed by atoms with Crippen molar-refractivity contribution in [3.63, 3.8) is 0 Å². The molecule has 0 bridgehead atoms. The number of ether oxygens (including phenoxy) is 1. The van der Waals surface area contributed by atoms with Crippen molar-refractivity contribution < 1.29 is 27.8 Å². The summed E-state index contributed by atoms with van der Waals surface area (Å²) in [5.74, 6) is -0.0311. The summed E-state index contributed by atoms with van der Waals surface area (Å²) >= 11 is 1.07. The Balaban J connectivity index is 1.73. The fraction of sp³-hybridized carbons (Fsp3) is 0.222. The monoisotopic (exact) mass is 499 g/mol. The lowest BCUT2D eigenvalue weighted by Gasteiger charge is -2.12. The van der Waals surface area contributed by atoms with Crippen molar-refractivity contribution in [1.82, 2.24) is 5.32 Å². The summed E-state index contributed by atoms with van der Waals surface area (Å²) in [7, 11) is 0. The number of alkyl halides is 3. The van der Waals surface area contributed by atoms with Gasteiger partial charge in [0.2, 0.25) is 5.78 Å². The van der Waals surface area contributed by atoms with Crippen LogP contribution in [0.4, 0.5) is 13.2 Å². The average molecular weight is 500 g/mol. The molecule has 1 aromatic heterocycles. The molecule has 0 fully saturated rings. The molecule has 8 heteroatoms. The molecule has 3 aromatic carbocycles. The number of aromatic hydroxyl groups is 1. The molecule has 0 aliphatic heterocycles. The van der Waals surface area contributed by atoms with Crippen LogP contribution in [0.25, 0.3) is 21.2 Å². The molecule has 0 aliphatic carbocycles. The first-order valence-electron chi connectivity index (χ1n) is 11.2. The second-order valence-corrected chi connectivity index (χ2v) is 8.99. The quantitative estimate of drug-likeness (QED) is 0.194. The molecule has 0 amide bonds. The van der Waals surface area contributed by atoms with Crippen LogP contribution in [0, 0.1) is 0 Å². The van der Waals surface area contributed by atoms with E-state index in [0.29, 0.717) is 33.6 Å². The molecule has 0 aliphatic rings. The molecule has 1 heterocycles. The van der Waals surface area contributed by atoms with Crippen LogP contribution in [0.15, 0.2) is 66.7 Å². The Morgan fingerprint density at radius 1 is 1.06 bits per heavy atom. The number of carbonyl (C=O) groups excluding carboxylic acids is 1. The van der Waals surface area contributed by atoms with Gasteiger partial charge in [-0.3, -0.25) is 4.79 Å². The molecule has 2 N–H and O–H groups in total. The molecule has 4 nitrogen and oxygen atoms in total. The first-order chi connectivity index (χ1) is 16.8. The lowest BCUT2D eigenvalue weighted by Crippen LogP contribution is -2.16. The molecule has 0 saturated heterocycles. The highest BCUT2D eigenvalue weighted by molar-refractivity contribution is 7.21. The number of phenols is 1. The maximum atomic E-state index is 13.6. The van der Waals surface area contributed by atoms with Crippen molar-refractivity contribution in [3.8, 4) is 22.6 Å². The highest BCUT2D eigenvalue weighted by Crippen LogP contribution is 2.43. The second-order valence-electron chi connectivity index (χ2n) is 7.94. The Hall–Kier alpha value is -3.36. The van der Waals surface area contributed by atoms with Gasteiger partial charge in [0.05, 0.1) is 17.0 Å². The standard InChI is InChI=1S/C27H24F3NO3S/c1-2-31-14-5-15-34-19-11-8-17(9-12-19)24-21-13-10-18(32)16-23(21)35-26(24)25(33)20-6-3-4-7-22(20)27(28,29)30/h3-4,6-13,16,31-32H,2,5,14-15H2,1H3. The van der Waals surface area contributed by atoms with Crippen molar-refractivity contribution in [2.75, 3.05) is 19.7 Å². The zero-order valence-electron chi connectivity index (χ0n) is 19.0. The van der Waals surface area contributed by atoms with Gasteiger partial charge in [-0.15, -0.1) is 11.3 Å². The average Bonchev–Trinajstić information content (AvgIpc) is 3.22. The Morgan fingerprint density at radius 2 is 1.80 bits per heavy atom. The van der Waals surface area contributed by atoms with Gasteiger partial charge < -0.3 is 15.2 Å². The lowest BCUT2D eigenvalue weighted by molar-refractivity contribution is -0.137. The van der Waals surface area contributed by atoms with Crippen LogP contribution in [0.3, 0.4) is 0 Å². The van der Waals surface area contributed by atoms with E-state index in [9.17, 15) is 23.1 Å². The maximum absolute atomic E-state index is 13.6. The molecule has 0 unspecified atom stereocenters. The highest BCUT2D eigenvalue weighted by atomic mass is 32.1. The van der Waals surface area contributed by atoms with Crippen LogP contribution < -0.4 is 10.1 Å². The fourth-order valence-electron chi connectivity index (χ4n) is 3.86. The summed E-state index contributed by atoms with van der Waals surface area (Å²) in [6, 6.07) is 16.6. The molecular formula is C27H24F3NO3S. The van der Waals surface area contributed by atoms with Crippen LogP contribution in [-0.4, -0.2) is 30.6 Å². The summed E-state index contributed by atoms with van der Waals surface area (Å²) in [6.07, 6.45) is -3.81. The SMILES string of the molecule is CCNCCCOc1ccc(-c2c(C(=O)c3ccccc3C(F)(F)F)sc3cc(O)ccc23)cc1. The number of halogens is 3. The molecule has 0 atom stereocenters. The summed E-state index contributed by atoms with van der Waals surface area (Å²) < 4.78 is 47.2. The van der Waals surface area contributed by atoms with Gasteiger partial charge >= 0.3 is 6.18 Å². The molecule has 0 spiro atoms. The van der Waals surface area contributed by atoms with E-state index in [-0.39, 0.29) is 10.6 Å². The van der Waals surface area contributed by atoms with Crippen LogP contribution in [0.1, 0.15) is 34.1 Å². The van der Waals surface area contributed by atoms with Crippen molar-refractivity contribution in [1.29, 1.82) is 0 Å². The zero-order valence-corrected chi connectivity index (χ0v) is 19.8. The van der Waals surface area contributed by atoms with Crippen molar-refractivity contribution in [2.24, 2.45) is 0 Å². The number of hydrogen-bond acceptors (Lipinski definition) is 5. The van der Waals surface area contributed by atoms with Gasteiger partial charge in [0.25, 0.3) is 0 Å². The van der Waals surface area contributed by atoms with E-state index in [0.717, 1.165) is 36.9 Å². The number of phenolic OH excluding ortho intramolecular Hbond substituents is 1. The van der Waals surface area contributed by atoms with E-state index in [4.69, 9.17) is 4.74 Å². The summed E-state index contributed by atoms with van der Waals surface area (Å²) in [5, 5.41) is 13.8. The van der Waals surface area contributed by atoms with Gasteiger partial charge in [0.1, 0.15) is 11.5 Å². The van der Waals surface area contributed by atoms with Gasteiger partial charge in [-0.25, -0.2) is 0 Å². The number of rotatable bonds is 9. The third kappa shape index (κ3) is 5.49. The Kier molecular flexibility index (Phi) is 7.42. The largest absolute Gasteiger partial charge is 0.508 e. The third-order valence-corrected chi connectivity index (χ3v) is 6.67. The Morgan fingerprint density at radius 3 is 2.51 bits per heavy atom. The summed E-state index contributed by atoms with van der Waals surface area (Å²) in [6.45, 7) is 4.34. The minimum absolute atomic E-state index is 0.0151.